The van der Waals surface area contributed by atoms with E-state index in [0.29, 0.717) is 5.92 Å². The van der Waals surface area contributed by atoms with Gasteiger partial charge in [0.25, 0.3) is 0 Å². The Labute approximate surface area is 155 Å². The molecule has 2 aliphatic heterocycles. The van der Waals surface area contributed by atoms with Gasteiger partial charge in [-0.15, -0.1) is 0 Å². The highest BCUT2D eigenvalue weighted by Crippen LogP contribution is 2.26. The van der Waals surface area contributed by atoms with Gasteiger partial charge in [0.05, 0.1) is 19.3 Å². The van der Waals surface area contributed by atoms with Crippen molar-refractivity contribution in [3.05, 3.63) is 41.3 Å². The first kappa shape index (κ1) is 17.2. The molecule has 2 aliphatic rings. The van der Waals surface area contributed by atoms with Crippen LogP contribution in [-0.2, 0) is 11.2 Å². The second-order valence-electron chi connectivity index (χ2n) is 7.38. The van der Waals surface area contributed by atoms with Crippen LogP contribution in [0.25, 0.3) is 0 Å². The highest BCUT2D eigenvalue weighted by Gasteiger charge is 2.29. The van der Waals surface area contributed by atoms with E-state index < -0.39 is 0 Å². The number of anilines is 2. The fourth-order valence-corrected chi connectivity index (χ4v) is 3.77. The molecule has 2 saturated heterocycles. The molecular formula is C20H27N5O. The standard InChI is InChI=1S/C20H27N5O/c1-14-15(2)22-20(25-9-3-4-10-25)24-19(14)23-18-13-26-12-17(18)11-16-5-7-21-8-6-16/h5-8,17-18H,3-4,9-13H2,1-2H3,(H,22,23,24)/t17-,18-/m1/s1. The zero-order valence-electron chi connectivity index (χ0n) is 15.6. The summed E-state index contributed by atoms with van der Waals surface area (Å²) in [4.78, 5) is 16.0. The van der Waals surface area contributed by atoms with Gasteiger partial charge in [-0.2, -0.15) is 4.98 Å². The predicted molar refractivity (Wildman–Crippen MR) is 103 cm³/mol. The van der Waals surface area contributed by atoms with E-state index in [4.69, 9.17) is 14.7 Å². The molecule has 0 aliphatic carbocycles. The molecule has 4 rings (SSSR count). The zero-order chi connectivity index (χ0) is 17.9. The van der Waals surface area contributed by atoms with Gasteiger partial charge in [0, 0.05) is 42.7 Å². The van der Waals surface area contributed by atoms with Crippen molar-refractivity contribution in [2.45, 2.75) is 39.2 Å². The molecule has 2 aromatic heterocycles. The van der Waals surface area contributed by atoms with Gasteiger partial charge in [0.2, 0.25) is 5.95 Å². The smallest absolute Gasteiger partial charge is 0.227 e. The van der Waals surface area contributed by atoms with Crippen molar-refractivity contribution in [3.63, 3.8) is 0 Å². The topological polar surface area (TPSA) is 63.2 Å². The first-order valence-corrected chi connectivity index (χ1v) is 9.54. The second kappa shape index (κ2) is 7.58. The number of nitrogens with one attached hydrogen (secondary N) is 1. The molecule has 2 fully saturated rings. The van der Waals surface area contributed by atoms with Crippen LogP contribution in [0.2, 0.25) is 0 Å². The number of hydrogen-bond donors (Lipinski definition) is 1. The Balaban J connectivity index is 1.52. The van der Waals surface area contributed by atoms with Crippen molar-refractivity contribution in [1.82, 2.24) is 15.0 Å². The minimum absolute atomic E-state index is 0.266. The monoisotopic (exact) mass is 353 g/mol. The summed E-state index contributed by atoms with van der Waals surface area (Å²) in [6.45, 7) is 7.78. The molecule has 0 unspecified atom stereocenters. The van der Waals surface area contributed by atoms with Crippen molar-refractivity contribution in [2.75, 3.05) is 36.5 Å². The fraction of sp³-hybridized carbons (Fsp3) is 0.550. The quantitative estimate of drug-likeness (QED) is 0.892. The molecule has 6 nitrogen and oxygen atoms in total. The van der Waals surface area contributed by atoms with Crippen LogP contribution in [0.4, 0.5) is 11.8 Å². The average molecular weight is 353 g/mol. The lowest BCUT2D eigenvalue weighted by Gasteiger charge is -2.23. The lowest BCUT2D eigenvalue weighted by molar-refractivity contribution is 0.185. The molecule has 0 amide bonds. The van der Waals surface area contributed by atoms with Gasteiger partial charge in [-0.25, -0.2) is 4.98 Å². The van der Waals surface area contributed by atoms with Crippen molar-refractivity contribution in [2.24, 2.45) is 5.92 Å². The SMILES string of the molecule is Cc1nc(N2CCCC2)nc(N[C@@H]2COC[C@H]2Cc2ccncc2)c1C. The van der Waals surface area contributed by atoms with E-state index >= 15 is 0 Å². The van der Waals surface area contributed by atoms with Gasteiger partial charge in [-0.1, -0.05) is 0 Å². The van der Waals surface area contributed by atoms with Crippen LogP contribution in [0, 0.1) is 19.8 Å². The van der Waals surface area contributed by atoms with Crippen LogP contribution >= 0.6 is 0 Å². The number of ether oxygens (including phenoxy) is 1. The van der Waals surface area contributed by atoms with Gasteiger partial charge in [0.1, 0.15) is 5.82 Å². The van der Waals surface area contributed by atoms with E-state index in [1.165, 1.54) is 18.4 Å². The maximum absolute atomic E-state index is 5.78. The summed E-state index contributed by atoms with van der Waals surface area (Å²) >= 11 is 0. The Morgan fingerprint density at radius 3 is 2.65 bits per heavy atom. The largest absolute Gasteiger partial charge is 0.379 e. The molecule has 0 saturated carbocycles. The van der Waals surface area contributed by atoms with Crippen molar-refractivity contribution < 1.29 is 4.74 Å². The molecule has 2 atom stereocenters. The molecule has 0 aromatic carbocycles. The highest BCUT2D eigenvalue weighted by molar-refractivity contribution is 5.51. The molecule has 26 heavy (non-hydrogen) atoms. The number of nitrogens with zero attached hydrogens (tertiary/aromatic N) is 4. The fourth-order valence-electron chi connectivity index (χ4n) is 3.77. The Hall–Kier alpha value is -2.21. The number of rotatable bonds is 5. The lowest BCUT2D eigenvalue weighted by Crippen LogP contribution is -2.31. The van der Waals surface area contributed by atoms with Crippen molar-refractivity contribution in [3.8, 4) is 0 Å². The van der Waals surface area contributed by atoms with Crippen LogP contribution in [0.3, 0.4) is 0 Å². The summed E-state index contributed by atoms with van der Waals surface area (Å²) in [6.07, 6.45) is 7.15. The Kier molecular flexibility index (Phi) is 5.02. The minimum Gasteiger partial charge on any atom is -0.379 e. The first-order chi connectivity index (χ1) is 12.7. The minimum atomic E-state index is 0.266. The third-order valence-corrected chi connectivity index (χ3v) is 5.53. The van der Waals surface area contributed by atoms with E-state index in [2.05, 4.69) is 41.2 Å². The summed E-state index contributed by atoms with van der Waals surface area (Å²) in [5.41, 5.74) is 3.48. The van der Waals surface area contributed by atoms with Crippen LogP contribution in [0.1, 0.15) is 29.7 Å². The molecule has 4 heterocycles. The number of aromatic nitrogens is 3. The van der Waals surface area contributed by atoms with Crippen LogP contribution in [0.5, 0.6) is 0 Å². The maximum atomic E-state index is 5.78. The third kappa shape index (κ3) is 3.65. The molecule has 6 heteroatoms. The highest BCUT2D eigenvalue weighted by atomic mass is 16.5. The number of hydrogen-bond acceptors (Lipinski definition) is 6. The molecule has 0 bridgehead atoms. The second-order valence-corrected chi connectivity index (χ2v) is 7.38. The molecular weight excluding hydrogens is 326 g/mol. The van der Waals surface area contributed by atoms with Gasteiger partial charge in [-0.05, 0) is 50.8 Å². The molecule has 0 radical (unpaired) electrons. The maximum Gasteiger partial charge on any atom is 0.227 e. The van der Waals surface area contributed by atoms with Crippen molar-refractivity contribution in [1.29, 1.82) is 0 Å². The third-order valence-electron chi connectivity index (χ3n) is 5.53. The molecule has 1 N–H and O–H groups in total. The molecule has 138 valence electrons. The Bertz CT molecular complexity index is 745. The number of aryl methyl sites for hydroxylation is 1. The summed E-state index contributed by atoms with van der Waals surface area (Å²) in [5, 5.41) is 3.67. The van der Waals surface area contributed by atoms with Crippen LogP contribution < -0.4 is 10.2 Å². The van der Waals surface area contributed by atoms with E-state index in [9.17, 15) is 0 Å². The van der Waals surface area contributed by atoms with Crippen LogP contribution in [-0.4, -0.2) is 47.3 Å². The molecule has 0 spiro atoms. The summed E-state index contributed by atoms with van der Waals surface area (Å²) in [7, 11) is 0. The summed E-state index contributed by atoms with van der Waals surface area (Å²) in [6, 6.07) is 4.43. The summed E-state index contributed by atoms with van der Waals surface area (Å²) < 4.78 is 5.78. The van der Waals surface area contributed by atoms with Crippen molar-refractivity contribution >= 4 is 11.8 Å². The summed E-state index contributed by atoms with van der Waals surface area (Å²) in [5.74, 6) is 2.25. The zero-order valence-corrected chi connectivity index (χ0v) is 15.6. The van der Waals surface area contributed by atoms with Gasteiger partial charge in [0.15, 0.2) is 0 Å². The van der Waals surface area contributed by atoms with E-state index in [1.54, 1.807) is 0 Å². The Morgan fingerprint density at radius 1 is 1.12 bits per heavy atom. The average Bonchev–Trinajstić information content (AvgIpc) is 3.32. The molecule has 2 aromatic rings. The van der Waals surface area contributed by atoms with E-state index in [1.807, 2.05) is 12.4 Å². The van der Waals surface area contributed by atoms with Gasteiger partial charge in [-0.3, -0.25) is 4.98 Å². The normalized spacial score (nSPS) is 22.8. The van der Waals surface area contributed by atoms with Crippen LogP contribution in [0.15, 0.2) is 24.5 Å². The Morgan fingerprint density at radius 2 is 1.88 bits per heavy atom. The van der Waals surface area contributed by atoms with E-state index in [0.717, 1.165) is 55.7 Å². The lowest BCUT2D eigenvalue weighted by atomic mass is 9.95. The van der Waals surface area contributed by atoms with Gasteiger partial charge < -0.3 is 15.0 Å². The van der Waals surface area contributed by atoms with E-state index in [-0.39, 0.29) is 6.04 Å². The number of pyridine rings is 1. The first-order valence-electron chi connectivity index (χ1n) is 9.54. The predicted octanol–water partition coefficient (Wildman–Crippen LogP) is 2.76. The van der Waals surface area contributed by atoms with Gasteiger partial charge >= 0.3 is 0 Å².